The van der Waals surface area contributed by atoms with Gasteiger partial charge in [-0.15, -0.1) is 11.3 Å². The highest BCUT2D eigenvalue weighted by atomic mass is 32.1. The number of anilines is 1. The third-order valence-corrected chi connectivity index (χ3v) is 4.20. The van der Waals surface area contributed by atoms with Crippen LogP contribution in [0.2, 0.25) is 0 Å². The summed E-state index contributed by atoms with van der Waals surface area (Å²) < 4.78 is 0. The fourth-order valence-electron chi connectivity index (χ4n) is 1.72. The van der Waals surface area contributed by atoms with Crippen LogP contribution in [0.25, 0.3) is 0 Å². The van der Waals surface area contributed by atoms with Gasteiger partial charge in [0, 0.05) is 43.2 Å². The lowest BCUT2D eigenvalue weighted by Crippen LogP contribution is -2.28. The van der Waals surface area contributed by atoms with Crippen molar-refractivity contribution < 1.29 is 4.79 Å². The summed E-state index contributed by atoms with van der Waals surface area (Å²) in [6.45, 7) is 4.42. The first-order chi connectivity index (χ1) is 8.20. The predicted molar refractivity (Wildman–Crippen MR) is 69.4 cm³/mol. The van der Waals surface area contributed by atoms with Gasteiger partial charge in [0.1, 0.15) is 0 Å². The molecule has 0 aliphatic carbocycles. The molecule has 94 valence electrons. The van der Waals surface area contributed by atoms with Crippen molar-refractivity contribution in [2.75, 3.05) is 31.6 Å². The monoisotopic (exact) mass is 254 g/mol. The van der Waals surface area contributed by atoms with Gasteiger partial charge in [-0.05, 0) is 14.0 Å². The summed E-state index contributed by atoms with van der Waals surface area (Å²) in [4.78, 5) is 19.1. The van der Waals surface area contributed by atoms with Crippen molar-refractivity contribution in [1.29, 1.82) is 0 Å². The van der Waals surface area contributed by atoms with Crippen LogP contribution in [-0.2, 0) is 4.79 Å². The van der Waals surface area contributed by atoms with Crippen molar-refractivity contribution in [3.63, 3.8) is 0 Å². The molecule has 0 bridgehead atoms. The van der Waals surface area contributed by atoms with Gasteiger partial charge in [-0.1, -0.05) is 0 Å². The molecule has 17 heavy (non-hydrogen) atoms. The van der Waals surface area contributed by atoms with E-state index in [1.54, 1.807) is 11.3 Å². The number of nitrogens with one attached hydrogen (secondary N) is 2. The Morgan fingerprint density at radius 1 is 1.59 bits per heavy atom. The molecule has 1 aliphatic heterocycles. The lowest BCUT2D eigenvalue weighted by Gasteiger charge is -2.17. The van der Waals surface area contributed by atoms with Crippen LogP contribution in [0, 0.1) is 0 Å². The normalized spacial score (nSPS) is 18.7. The van der Waals surface area contributed by atoms with Gasteiger partial charge in [0.15, 0.2) is 5.13 Å². The third kappa shape index (κ3) is 2.95. The van der Waals surface area contributed by atoms with Crippen molar-refractivity contribution in [3.05, 3.63) is 11.1 Å². The Labute approximate surface area is 105 Å². The van der Waals surface area contributed by atoms with Gasteiger partial charge < -0.3 is 15.5 Å². The van der Waals surface area contributed by atoms with E-state index in [-0.39, 0.29) is 5.91 Å². The Bertz CT molecular complexity index is 393. The van der Waals surface area contributed by atoms with Crippen molar-refractivity contribution in [3.8, 4) is 0 Å². The highest BCUT2D eigenvalue weighted by molar-refractivity contribution is 7.15. The maximum absolute atomic E-state index is 11.3. The Kier molecular flexibility index (Phi) is 3.96. The predicted octanol–water partition coefficient (Wildman–Crippen LogP) is 0.750. The summed E-state index contributed by atoms with van der Waals surface area (Å²) in [6.07, 6.45) is 2.47. The number of carbonyl (C=O) groups excluding carboxylic acids is 1. The van der Waals surface area contributed by atoms with E-state index in [1.807, 2.05) is 13.2 Å². The largest absolute Gasteiger partial charge is 0.354 e. The summed E-state index contributed by atoms with van der Waals surface area (Å²) in [5.74, 6) is 0.132. The molecule has 1 aliphatic rings. The minimum absolute atomic E-state index is 0.132. The van der Waals surface area contributed by atoms with E-state index in [9.17, 15) is 4.79 Å². The fourth-order valence-corrected chi connectivity index (χ4v) is 2.75. The molecule has 1 unspecified atom stereocenters. The zero-order valence-corrected chi connectivity index (χ0v) is 11.0. The van der Waals surface area contributed by atoms with E-state index in [0.717, 1.165) is 18.2 Å². The third-order valence-electron chi connectivity index (χ3n) is 2.95. The maximum atomic E-state index is 11.3. The Hall–Kier alpha value is -1.14. The Balaban J connectivity index is 2.06. The molecule has 5 nitrogen and oxygen atoms in total. The molecule has 1 aromatic heterocycles. The SMILES string of the molecule is CNC(C)c1cnc(N2CCNC(=O)CC2)s1. The highest BCUT2D eigenvalue weighted by Gasteiger charge is 2.17. The van der Waals surface area contributed by atoms with Gasteiger partial charge in [-0.2, -0.15) is 0 Å². The average molecular weight is 254 g/mol. The molecule has 2 N–H and O–H groups in total. The zero-order chi connectivity index (χ0) is 12.3. The molecule has 2 rings (SSSR count). The van der Waals surface area contributed by atoms with Gasteiger partial charge in [-0.3, -0.25) is 4.79 Å². The number of amides is 1. The number of hydrogen-bond donors (Lipinski definition) is 2. The second kappa shape index (κ2) is 5.46. The van der Waals surface area contributed by atoms with Crippen LogP contribution in [0.1, 0.15) is 24.3 Å². The molecule has 0 aromatic carbocycles. The van der Waals surface area contributed by atoms with Crippen LogP contribution in [-0.4, -0.2) is 37.6 Å². The van der Waals surface area contributed by atoms with E-state index in [4.69, 9.17) is 0 Å². The molecule has 1 saturated heterocycles. The van der Waals surface area contributed by atoms with Gasteiger partial charge in [0.2, 0.25) is 5.91 Å². The first-order valence-electron chi connectivity index (χ1n) is 5.85. The van der Waals surface area contributed by atoms with Crippen molar-refractivity contribution >= 4 is 22.4 Å². The number of aromatic nitrogens is 1. The van der Waals surface area contributed by atoms with Crippen LogP contribution >= 0.6 is 11.3 Å². The van der Waals surface area contributed by atoms with Crippen LogP contribution in [0.15, 0.2) is 6.20 Å². The van der Waals surface area contributed by atoms with E-state index in [1.165, 1.54) is 4.88 Å². The summed E-state index contributed by atoms with van der Waals surface area (Å²) in [7, 11) is 1.94. The topological polar surface area (TPSA) is 57.3 Å². The summed E-state index contributed by atoms with van der Waals surface area (Å²) >= 11 is 1.70. The molecule has 1 amide bonds. The number of hydrogen-bond acceptors (Lipinski definition) is 5. The van der Waals surface area contributed by atoms with Crippen LogP contribution in [0.4, 0.5) is 5.13 Å². The summed E-state index contributed by atoms with van der Waals surface area (Å²) in [5.41, 5.74) is 0. The van der Waals surface area contributed by atoms with E-state index in [2.05, 4.69) is 27.4 Å². The Morgan fingerprint density at radius 2 is 2.41 bits per heavy atom. The summed E-state index contributed by atoms with van der Waals surface area (Å²) in [5, 5.41) is 7.08. The van der Waals surface area contributed by atoms with E-state index < -0.39 is 0 Å². The molecule has 1 aromatic rings. The molecular formula is C11H18N4OS. The highest BCUT2D eigenvalue weighted by Crippen LogP contribution is 2.27. The maximum Gasteiger partial charge on any atom is 0.221 e. The lowest BCUT2D eigenvalue weighted by molar-refractivity contribution is -0.120. The smallest absolute Gasteiger partial charge is 0.221 e. The molecular weight excluding hydrogens is 236 g/mol. The molecule has 1 atom stereocenters. The average Bonchev–Trinajstić information content (AvgIpc) is 2.72. The van der Waals surface area contributed by atoms with Crippen LogP contribution < -0.4 is 15.5 Å². The number of carbonyl (C=O) groups is 1. The standard InChI is InChI=1S/C11H18N4OS/c1-8(12-2)9-7-14-11(17-9)15-5-3-10(16)13-4-6-15/h7-8,12H,3-6H2,1-2H3,(H,13,16). The van der Waals surface area contributed by atoms with Crippen molar-refractivity contribution in [1.82, 2.24) is 15.6 Å². The molecule has 2 heterocycles. The Morgan fingerprint density at radius 3 is 3.18 bits per heavy atom. The van der Waals surface area contributed by atoms with Gasteiger partial charge in [-0.25, -0.2) is 4.98 Å². The second-order valence-corrected chi connectivity index (χ2v) is 5.18. The van der Waals surface area contributed by atoms with Crippen LogP contribution in [0.3, 0.4) is 0 Å². The van der Waals surface area contributed by atoms with E-state index in [0.29, 0.717) is 19.0 Å². The number of thiazole rings is 1. The van der Waals surface area contributed by atoms with Gasteiger partial charge in [0.25, 0.3) is 0 Å². The fraction of sp³-hybridized carbons (Fsp3) is 0.636. The van der Waals surface area contributed by atoms with Crippen molar-refractivity contribution in [2.24, 2.45) is 0 Å². The second-order valence-electron chi connectivity index (χ2n) is 4.14. The molecule has 0 spiro atoms. The molecule has 0 radical (unpaired) electrons. The minimum atomic E-state index is 0.132. The first kappa shape index (κ1) is 12.3. The number of rotatable bonds is 3. The summed E-state index contributed by atoms with van der Waals surface area (Å²) in [6, 6.07) is 0.327. The quantitative estimate of drug-likeness (QED) is 0.836. The molecule has 6 heteroatoms. The van der Waals surface area contributed by atoms with Gasteiger partial charge >= 0.3 is 0 Å². The molecule has 0 saturated carbocycles. The van der Waals surface area contributed by atoms with Crippen LogP contribution in [0.5, 0.6) is 0 Å². The minimum Gasteiger partial charge on any atom is -0.354 e. The number of nitrogens with zero attached hydrogens (tertiary/aromatic N) is 2. The molecule has 1 fully saturated rings. The zero-order valence-electron chi connectivity index (χ0n) is 10.2. The first-order valence-corrected chi connectivity index (χ1v) is 6.67. The van der Waals surface area contributed by atoms with E-state index >= 15 is 0 Å². The lowest BCUT2D eigenvalue weighted by atomic mass is 10.3. The van der Waals surface area contributed by atoms with Gasteiger partial charge in [0.05, 0.1) is 0 Å². The van der Waals surface area contributed by atoms with Crippen molar-refractivity contribution in [2.45, 2.75) is 19.4 Å².